The van der Waals surface area contributed by atoms with Crippen molar-refractivity contribution in [2.75, 3.05) is 5.32 Å². The summed E-state index contributed by atoms with van der Waals surface area (Å²) in [5, 5.41) is 33.2. The Kier molecular flexibility index (Phi) is 7.22. The van der Waals surface area contributed by atoms with E-state index >= 15 is 0 Å². The number of carbonyl (C=O) groups excluding carboxylic acids is 1. The number of benzene rings is 2. The molecule has 36 heavy (non-hydrogen) atoms. The zero-order chi connectivity index (χ0) is 26.6. The van der Waals surface area contributed by atoms with Gasteiger partial charge in [-0.15, -0.1) is 0 Å². The molecule has 11 heteroatoms. The molecule has 7 nitrogen and oxygen atoms in total. The molecule has 2 saturated carbocycles. The van der Waals surface area contributed by atoms with Gasteiger partial charge < -0.3 is 20.6 Å². The summed E-state index contributed by atoms with van der Waals surface area (Å²) < 4.78 is 54.0. The zero-order valence-corrected chi connectivity index (χ0v) is 21.2. The average molecular weight is 544 g/mol. The molecule has 4 N–H and O–H groups in total. The van der Waals surface area contributed by atoms with Crippen molar-refractivity contribution in [3.8, 4) is 0 Å². The third kappa shape index (κ3) is 4.54. The van der Waals surface area contributed by atoms with Gasteiger partial charge in [-0.05, 0) is 74.3 Å². The summed E-state index contributed by atoms with van der Waals surface area (Å²) in [4.78, 5) is 12.5. The first-order valence-electron chi connectivity index (χ1n) is 11.6. The highest BCUT2D eigenvalue weighted by Crippen LogP contribution is 2.56. The summed E-state index contributed by atoms with van der Waals surface area (Å²) in [6, 6.07) is 6.58. The Bertz CT molecular complexity index is 1290. The van der Waals surface area contributed by atoms with Gasteiger partial charge in [-0.3, -0.25) is 4.79 Å². The molecule has 2 aliphatic carbocycles. The molecule has 2 bridgehead atoms. The Hall–Kier alpha value is -2.11. The maximum absolute atomic E-state index is 13.7. The maximum Gasteiger partial charge on any atom is 0.255 e. The predicted octanol–water partition coefficient (Wildman–Crippen LogP) is 3.55. The molecule has 0 heterocycles. The maximum atomic E-state index is 13.7. The van der Waals surface area contributed by atoms with Crippen molar-refractivity contribution >= 4 is 33.0 Å². The van der Waals surface area contributed by atoms with Crippen LogP contribution in [0.25, 0.3) is 0 Å². The zero-order valence-electron chi connectivity index (χ0n) is 19.7. The smallest absolute Gasteiger partial charge is 0.255 e. The number of nitrogens with one attached hydrogen (secondary N) is 1. The van der Waals surface area contributed by atoms with Crippen LogP contribution in [0.5, 0.6) is 0 Å². The van der Waals surface area contributed by atoms with Crippen molar-refractivity contribution < 1.29 is 37.3 Å². The van der Waals surface area contributed by atoms with Gasteiger partial charge in [0, 0.05) is 17.3 Å². The first-order chi connectivity index (χ1) is 16.8. The summed E-state index contributed by atoms with van der Waals surface area (Å²) in [6.45, 7) is 3.27. The van der Waals surface area contributed by atoms with Crippen molar-refractivity contribution in [2.24, 2.45) is 17.8 Å². The summed E-state index contributed by atoms with van der Waals surface area (Å²) in [5.41, 5.74) is -1.65. The Morgan fingerprint density at radius 2 is 1.81 bits per heavy atom. The number of fused-ring (bicyclic) bond motifs is 2. The molecule has 7 atom stereocenters. The van der Waals surface area contributed by atoms with Gasteiger partial charge in [0.2, 0.25) is 0 Å². The van der Waals surface area contributed by atoms with E-state index in [1.165, 1.54) is 25.1 Å². The first kappa shape index (κ1) is 26.9. The van der Waals surface area contributed by atoms with Gasteiger partial charge in [-0.1, -0.05) is 18.5 Å². The molecular formula is C25H28ClF2NO6S. The van der Waals surface area contributed by atoms with Gasteiger partial charge in [0.15, 0.2) is 21.5 Å². The number of aliphatic hydroxyl groups is 3. The Morgan fingerprint density at radius 1 is 1.11 bits per heavy atom. The van der Waals surface area contributed by atoms with Gasteiger partial charge in [0.05, 0.1) is 26.9 Å². The highest BCUT2D eigenvalue weighted by molar-refractivity contribution is 7.92. The molecule has 0 aliphatic heterocycles. The van der Waals surface area contributed by atoms with Crippen LogP contribution in [0.4, 0.5) is 14.5 Å². The standard InChI is InChI=1S/C25H28ClF2NO6S/c1-12-7-15-9-17(11-18(12)25(15,33)23(31)13(2)30)36(34,35)22-8-14(3-5-19(22)26)24(32)29-16-4-6-20(27)21(28)10-16/h3-6,8,10,12-13,15,17-18,23,30-31,33H,7,9,11H2,1-2H3,(H,29,32)/t12-,13-,15?,17+,18?,23-,25+/m0/s1. The molecule has 0 saturated heterocycles. The van der Waals surface area contributed by atoms with Crippen molar-refractivity contribution in [1.82, 2.24) is 0 Å². The fourth-order valence-electron chi connectivity index (χ4n) is 5.88. The number of aliphatic hydroxyl groups excluding tert-OH is 2. The van der Waals surface area contributed by atoms with E-state index in [4.69, 9.17) is 11.6 Å². The van der Waals surface area contributed by atoms with Gasteiger partial charge in [0.25, 0.3) is 5.91 Å². The SMILES string of the molecule is C[C@H](O)[C@H](O)[C@@]1(O)C2C[C@@H](S(=O)(=O)c3cc(C(=O)Nc4ccc(F)c(F)c4)ccc3Cl)CC1[C@@H](C)C2. The van der Waals surface area contributed by atoms with E-state index in [-0.39, 0.29) is 39.9 Å². The highest BCUT2D eigenvalue weighted by atomic mass is 35.5. The molecule has 2 fully saturated rings. The number of hydrogen-bond donors (Lipinski definition) is 4. The van der Waals surface area contributed by atoms with Crippen LogP contribution in [0.3, 0.4) is 0 Å². The van der Waals surface area contributed by atoms with Gasteiger partial charge in [-0.2, -0.15) is 0 Å². The fourth-order valence-corrected chi connectivity index (χ4v) is 8.26. The lowest BCUT2D eigenvalue weighted by Crippen LogP contribution is -2.59. The minimum Gasteiger partial charge on any atom is -0.391 e. The van der Waals surface area contributed by atoms with Crippen LogP contribution in [0.2, 0.25) is 5.02 Å². The Balaban J connectivity index is 1.61. The van der Waals surface area contributed by atoms with Crippen LogP contribution >= 0.6 is 11.6 Å². The van der Waals surface area contributed by atoms with E-state index in [0.29, 0.717) is 6.42 Å². The molecule has 196 valence electrons. The highest BCUT2D eigenvalue weighted by Gasteiger charge is 2.62. The van der Waals surface area contributed by atoms with E-state index in [1.54, 1.807) is 0 Å². The average Bonchev–Trinajstić information content (AvgIpc) is 2.94. The van der Waals surface area contributed by atoms with Crippen molar-refractivity contribution in [3.05, 3.63) is 58.6 Å². The van der Waals surface area contributed by atoms with Crippen LogP contribution in [-0.2, 0) is 9.84 Å². The Morgan fingerprint density at radius 3 is 2.42 bits per heavy atom. The topological polar surface area (TPSA) is 124 Å². The molecule has 2 aromatic carbocycles. The summed E-state index contributed by atoms with van der Waals surface area (Å²) in [6.07, 6.45) is -1.97. The number of amides is 1. The van der Waals surface area contributed by atoms with Crippen LogP contribution in [-0.4, -0.2) is 52.7 Å². The molecule has 1 amide bonds. The Labute approximate surface area is 213 Å². The van der Waals surface area contributed by atoms with Crippen LogP contribution < -0.4 is 5.32 Å². The van der Waals surface area contributed by atoms with Crippen LogP contribution in [0.15, 0.2) is 41.3 Å². The normalized spacial score (nSPS) is 29.6. The minimum absolute atomic E-state index is 0.00736. The van der Waals surface area contributed by atoms with Gasteiger partial charge in [-0.25, -0.2) is 17.2 Å². The fraction of sp³-hybridized carbons (Fsp3) is 0.480. The molecule has 2 aliphatic rings. The lowest BCUT2D eigenvalue weighted by atomic mass is 9.69. The molecule has 4 rings (SSSR count). The second-order valence-corrected chi connectivity index (χ2v) is 12.6. The van der Waals surface area contributed by atoms with Crippen molar-refractivity contribution in [3.63, 3.8) is 0 Å². The lowest BCUT2D eigenvalue weighted by molar-refractivity contribution is -0.175. The number of rotatable bonds is 6. The lowest BCUT2D eigenvalue weighted by Gasteiger charge is -2.46. The molecule has 0 aromatic heterocycles. The third-order valence-corrected chi connectivity index (χ3v) is 10.4. The van der Waals surface area contributed by atoms with Crippen LogP contribution in [0, 0.1) is 29.4 Å². The minimum atomic E-state index is -4.06. The molecule has 2 unspecified atom stereocenters. The molecule has 2 aromatic rings. The van der Waals surface area contributed by atoms with E-state index in [0.717, 1.165) is 18.2 Å². The summed E-state index contributed by atoms with van der Waals surface area (Å²) in [5.74, 6) is -4.13. The van der Waals surface area contributed by atoms with E-state index in [2.05, 4.69) is 5.32 Å². The second kappa shape index (κ2) is 9.64. The quantitative estimate of drug-likeness (QED) is 0.442. The number of halogens is 3. The van der Waals surface area contributed by atoms with Crippen molar-refractivity contribution in [1.29, 1.82) is 0 Å². The summed E-state index contributed by atoms with van der Waals surface area (Å²) in [7, 11) is -4.06. The predicted molar refractivity (Wildman–Crippen MR) is 129 cm³/mol. The van der Waals surface area contributed by atoms with Crippen molar-refractivity contribution in [2.45, 2.75) is 61.1 Å². The third-order valence-electron chi connectivity index (χ3n) is 7.70. The molecule has 0 spiro atoms. The number of anilines is 1. The summed E-state index contributed by atoms with van der Waals surface area (Å²) >= 11 is 6.24. The van der Waals surface area contributed by atoms with E-state index in [9.17, 15) is 37.3 Å². The van der Waals surface area contributed by atoms with Gasteiger partial charge >= 0.3 is 0 Å². The second-order valence-electron chi connectivity index (χ2n) is 9.96. The van der Waals surface area contributed by atoms with E-state index < -0.39 is 62.3 Å². The molecular weight excluding hydrogens is 516 g/mol. The number of hydrogen-bond acceptors (Lipinski definition) is 6. The number of sulfone groups is 1. The first-order valence-corrected chi connectivity index (χ1v) is 13.6. The monoisotopic (exact) mass is 543 g/mol. The van der Waals surface area contributed by atoms with Gasteiger partial charge in [0.1, 0.15) is 6.10 Å². The van der Waals surface area contributed by atoms with E-state index in [1.807, 2.05) is 6.92 Å². The van der Waals surface area contributed by atoms with Crippen LogP contribution in [0.1, 0.15) is 43.5 Å². The molecule has 0 radical (unpaired) electrons. The number of carbonyl (C=O) groups is 1. The largest absolute Gasteiger partial charge is 0.391 e.